The highest BCUT2D eigenvalue weighted by Gasteiger charge is 2.44. The van der Waals surface area contributed by atoms with Gasteiger partial charge in [0.05, 0.1) is 40.9 Å². The predicted molar refractivity (Wildman–Crippen MR) is 127 cm³/mol. The van der Waals surface area contributed by atoms with Crippen LogP contribution in [0.15, 0.2) is 29.5 Å². The van der Waals surface area contributed by atoms with Crippen LogP contribution in [-0.4, -0.2) is 72.5 Å². The van der Waals surface area contributed by atoms with E-state index in [4.69, 9.17) is 9.47 Å². The molecule has 0 fully saturated rings. The number of benzene rings is 1. The van der Waals surface area contributed by atoms with E-state index in [0.29, 0.717) is 47.3 Å². The molecule has 1 aromatic heterocycles. The number of ketones is 1. The SMILES string of the molecule is CCCOc1cc(C2C(C(=O)c3sc(C)nc3C)=C(O)C(=O)N2CCN(C)C)ccc1OC. The van der Waals surface area contributed by atoms with Gasteiger partial charge in [-0.05, 0) is 52.1 Å². The molecule has 1 N–H and O–H groups in total. The minimum atomic E-state index is -0.748. The standard InChI is InChI=1S/C24H31N3O5S/c1-7-12-32-18-13-16(8-9-17(18)31-6)20-19(21(28)23-14(2)25-15(3)33-23)22(29)24(30)27(20)11-10-26(4)5/h8-9,13,20,29H,7,10-12H2,1-6H3. The molecule has 3 rings (SSSR count). The number of aromatic nitrogens is 1. The highest BCUT2D eigenvalue weighted by atomic mass is 32.1. The molecule has 1 unspecified atom stereocenters. The molecule has 33 heavy (non-hydrogen) atoms. The van der Waals surface area contributed by atoms with E-state index in [9.17, 15) is 14.7 Å². The van der Waals surface area contributed by atoms with Crippen LogP contribution >= 0.6 is 11.3 Å². The van der Waals surface area contributed by atoms with Crippen molar-refractivity contribution in [1.29, 1.82) is 0 Å². The molecular formula is C24H31N3O5S. The van der Waals surface area contributed by atoms with Crippen LogP contribution in [-0.2, 0) is 4.79 Å². The number of hydrogen-bond acceptors (Lipinski definition) is 8. The summed E-state index contributed by atoms with van der Waals surface area (Å²) in [5.74, 6) is -0.364. The van der Waals surface area contributed by atoms with E-state index in [2.05, 4.69) is 4.98 Å². The molecule has 8 nitrogen and oxygen atoms in total. The van der Waals surface area contributed by atoms with Gasteiger partial charge in [-0.2, -0.15) is 0 Å². The molecule has 0 radical (unpaired) electrons. The van der Waals surface area contributed by atoms with Crippen molar-refractivity contribution in [1.82, 2.24) is 14.8 Å². The maximum atomic E-state index is 13.6. The summed E-state index contributed by atoms with van der Waals surface area (Å²) < 4.78 is 11.3. The molecular weight excluding hydrogens is 442 g/mol. The zero-order chi connectivity index (χ0) is 24.3. The Kier molecular flexibility index (Phi) is 7.76. The first-order valence-electron chi connectivity index (χ1n) is 10.9. The predicted octanol–water partition coefficient (Wildman–Crippen LogP) is 3.70. The van der Waals surface area contributed by atoms with Gasteiger partial charge in [0.15, 0.2) is 17.3 Å². The van der Waals surface area contributed by atoms with Crippen LogP contribution in [0.5, 0.6) is 11.5 Å². The fourth-order valence-electron chi connectivity index (χ4n) is 3.82. The smallest absolute Gasteiger partial charge is 0.290 e. The molecule has 2 heterocycles. The minimum absolute atomic E-state index is 0.0668. The number of rotatable bonds is 10. The number of thiazole rings is 1. The van der Waals surface area contributed by atoms with Crippen molar-refractivity contribution in [2.24, 2.45) is 0 Å². The van der Waals surface area contributed by atoms with E-state index < -0.39 is 17.7 Å². The number of methoxy groups -OCH3 is 1. The molecule has 1 aromatic carbocycles. The van der Waals surface area contributed by atoms with Crippen LogP contribution in [0, 0.1) is 13.8 Å². The first-order valence-corrected chi connectivity index (χ1v) is 11.7. The van der Waals surface area contributed by atoms with Crippen molar-refractivity contribution < 1.29 is 24.2 Å². The summed E-state index contributed by atoms with van der Waals surface area (Å²) in [5, 5.41) is 11.6. The van der Waals surface area contributed by atoms with Gasteiger partial charge in [-0.15, -0.1) is 11.3 Å². The summed E-state index contributed by atoms with van der Waals surface area (Å²) >= 11 is 1.26. The van der Waals surface area contributed by atoms with Crippen molar-refractivity contribution in [3.8, 4) is 11.5 Å². The Bertz CT molecular complexity index is 1080. The van der Waals surface area contributed by atoms with Gasteiger partial charge in [0.25, 0.3) is 5.91 Å². The number of likely N-dealkylation sites (N-methyl/N-ethyl adjacent to an activating group) is 1. The van der Waals surface area contributed by atoms with Gasteiger partial charge in [0.1, 0.15) is 0 Å². The first kappa shape index (κ1) is 24.7. The molecule has 2 aromatic rings. The van der Waals surface area contributed by atoms with Crippen molar-refractivity contribution in [3.63, 3.8) is 0 Å². The topological polar surface area (TPSA) is 92.2 Å². The monoisotopic (exact) mass is 473 g/mol. The number of aliphatic hydroxyl groups is 1. The Balaban J connectivity index is 2.12. The first-order chi connectivity index (χ1) is 15.7. The third kappa shape index (κ3) is 5.04. The Hall–Kier alpha value is -2.91. The third-order valence-corrected chi connectivity index (χ3v) is 6.48. The summed E-state index contributed by atoms with van der Waals surface area (Å²) in [4.78, 5) is 34.9. The molecule has 0 spiro atoms. The Morgan fingerprint density at radius 3 is 2.58 bits per heavy atom. The number of Topliss-reactive ketones (excluding diaryl/α,β-unsaturated/α-hetero) is 1. The van der Waals surface area contributed by atoms with Crippen LogP contribution < -0.4 is 9.47 Å². The van der Waals surface area contributed by atoms with Crippen molar-refractivity contribution in [2.75, 3.05) is 40.9 Å². The summed E-state index contributed by atoms with van der Waals surface area (Å²) in [6, 6.07) is 4.59. The second kappa shape index (κ2) is 10.4. The Morgan fingerprint density at radius 2 is 2.00 bits per heavy atom. The lowest BCUT2D eigenvalue weighted by atomic mass is 9.94. The maximum absolute atomic E-state index is 13.6. The third-order valence-electron chi connectivity index (χ3n) is 5.41. The van der Waals surface area contributed by atoms with E-state index >= 15 is 0 Å². The number of amides is 1. The molecule has 1 aliphatic rings. The van der Waals surface area contributed by atoms with Gasteiger partial charge in [-0.3, -0.25) is 9.59 Å². The molecule has 0 bridgehead atoms. The number of ether oxygens (including phenoxy) is 2. The lowest BCUT2D eigenvalue weighted by Gasteiger charge is -2.28. The number of hydrogen-bond donors (Lipinski definition) is 1. The van der Waals surface area contributed by atoms with Gasteiger partial charge >= 0.3 is 0 Å². The largest absolute Gasteiger partial charge is 0.503 e. The van der Waals surface area contributed by atoms with E-state index in [1.807, 2.05) is 32.8 Å². The lowest BCUT2D eigenvalue weighted by molar-refractivity contribution is -0.129. The molecule has 178 valence electrons. The fraction of sp³-hybridized carbons (Fsp3) is 0.458. The van der Waals surface area contributed by atoms with Crippen molar-refractivity contribution >= 4 is 23.0 Å². The van der Waals surface area contributed by atoms with E-state index in [-0.39, 0.29) is 11.4 Å². The van der Waals surface area contributed by atoms with E-state index in [1.165, 1.54) is 16.2 Å². The lowest BCUT2D eigenvalue weighted by Crippen LogP contribution is -2.36. The van der Waals surface area contributed by atoms with Crippen LogP contribution in [0.1, 0.15) is 45.3 Å². The Labute approximate surface area is 198 Å². The van der Waals surface area contributed by atoms with Crippen LogP contribution in [0.25, 0.3) is 0 Å². The number of aryl methyl sites for hydroxylation is 2. The van der Waals surface area contributed by atoms with Crippen LogP contribution in [0.4, 0.5) is 0 Å². The minimum Gasteiger partial charge on any atom is -0.503 e. The molecule has 0 saturated heterocycles. The molecule has 0 saturated carbocycles. The van der Waals surface area contributed by atoms with Gasteiger partial charge in [0, 0.05) is 13.1 Å². The van der Waals surface area contributed by atoms with Crippen LogP contribution in [0.2, 0.25) is 0 Å². The summed E-state index contributed by atoms with van der Waals surface area (Å²) in [7, 11) is 5.37. The molecule has 1 atom stereocenters. The summed E-state index contributed by atoms with van der Waals surface area (Å²) in [6.07, 6.45) is 0.818. The van der Waals surface area contributed by atoms with E-state index in [1.54, 1.807) is 32.2 Å². The van der Waals surface area contributed by atoms with Gasteiger partial charge in [-0.25, -0.2) is 4.98 Å². The number of carbonyl (C=O) groups excluding carboxylic acids is 2. The van der Waals surface area contributed by atoms with E-state index in [0.717, 1.165) is 11.4 Å². The second-order valence-electron chi connectivity index (χ2n) is 8.20. The number of nitrogens with zero attached hydrogens (tertiary/aromatic N) is 3. The highest BCUT2D eigenvalue weighted by molar-refractivity contribution is 7.14. The maximum Gasteiger partial charge on any atom is 0.290 e. The second-order valence-corrected chi connectivity index (χ2v) is 9.41. The van der Waals surface area contributed by atoms with Crippen LogP contribution in [0.3, 0.4) is 0 Å². The van der Waals surface area contributed by atoms with Gasteiger partial charge < -0.3 is 24.4 Å². The number of aliphatic hydroxyl groups excluding tert-OH is 1. The van der Waals surface area contributed by atoms with Gasteiger partial charge in [-0.1, -0.05) is 13.0 Å². The normalized spacial score (nSPS) is 16.2. The average molecular weight is 474 g/mol. The zero-order valence-corrected chi connectivity index (χ0v) is 20.8. The molecule has 1 amide bonds. The summed E-state index contributed by atoms with van der Waals surface area (Å²) in [6.45, 7) is 7.00. The van der Waals surface area contributed by atoms with Gasteiger partial charge in [0.2, 0.25) is 5.78 Å². The highest BCUT2D eigenvalue weighted by Crippen LogP contribution is 2.42. The van der Waals surface area contributed by atoms with Crippen molar-refractivity contribution in [3.05, 3.63) is 50.7 Å². The zero-order valence-electron chi connectivity index (χ0n) is 20.0. The molecule has 0 aliphatic carbocycles. The summed E-state index contributed by atoms with van der Waals surface area (Å²) in [5.41, 5.74) is 1.32. The Morgan fingerprint density at radius 1 is 1.27 bits per heavy atom. The quantitative estimate of drug-likeness (QED) is 0.526. The molecule has 9 heteroatoms. The molecule has 1 aliphatic heterocycles. The average Bonchev–Trinajstić information content (AvgIpc) is 3.25. The fourth-order valence-corrected chi connectivity index (χ4v) is 4.70. The van der Waals surface area contributed by atoms with Crippen molar-refractivity contribution in [2.45, 2.75) is 33.2 Å². The number of carbonyl (C=O) groups is 2.